The van der Waals surface area contributed by atoms with E-state index in [0.29, 0.717) is 18.1 Å². The van der Waals surface area contributed by atoms with Gasteiger partial charge in [-0.2, -0.15) is 0 Å². The van der Waals surface area contributed by atoms with Gasteiger partial charge in [-0.25, -0.2) is 9.78 Å². The zero-order chi connectivity index (χ0) is 21.6. The molecule has 0 bridgehead atoms. The minimum absolute atomic E-state index is 0.159. The van der Waals surface area contributed by atoms with Crippen molar-refractivity contribution in [3.05, 3.63) is 77.3 Å². The van der Waals surface area contributed by atoms with Crippen LogP contribution >= 0.6 is 11.3 Å². The van der Waals surface area contributed by atoms with Crippen molar-refractivity contribution in [2.24, 2.45) is 0 Å². The highest BCUT2D eigenvalue weighted by Gasteiger charge is 2.39. The van der Waals surface area contributed by atoms with Crippen molar-refractivity contribution >= 4 is 34.2 Å². The Kier molecular flexibility index (Phi) is 6.62. The molecular formula is C24H25N3O3S. The lowest BCUT2D eigenvalue weighted by molar-refractivity contribution is -0.121. The first-order chi connectivity index (χ1) is 15.2. The Hall–Kier alpha value is -3.19. The summed E-state index contributed by atoms with van der Waals surface area (Å²) in [6.45, 7) is 2.78. The van der Waals surface area contributed by atoms with Crippen molar-refractivity contribution in [3.63, 3.8) is 0 Å². The van der Waals surface area contributed by atoms with Gasteiger partial charge in [0.2, 0.25) is 0 Å². The summed E-state index contributed by atoms with van der Waals surface area (Å²) in [4.78, 5) is 33.9. The van der Waals surface area contributed by atoms with Gasteiger partial charge in [-0.15, -0.1) is 11.3 Å². The van der Waals surface area contributed by atoms with Gasteiger partial charge in [0.15, 0.2) is 5.13 Å². The summed E-state index contributed by atoms with van der Waals surface area (Å²) < 4.78 is 5.50. The molecule has 2 aromatic carbocycles. The lowest BCUT2D eigenvalue weighted by Crippen LogP contribution is -2.46. The van der Waals surface area contributed by atoms with E-state index in [1.165, 1.54) is 16.9 Å². The topological polar surface area (TPSA) is 62.7 Å². The van der Waals surface area contributed by atoms with Crippen molar-refractivity contribution in [1.29, 1.82) is 0 Å². The Labute approximate surface area is 186 Å². The summed E-state index contributed by atoms with van der Waals surface area (Å²) in [6.07, 6.45) is 3.52. The molecular weight excluding hydrogens is 410 g/mol. The summed E-state index contributed by atoms with van der Waals surface area (Å²) in [5.74, 6) is -0.159. The van der Waals surface area contributed by atoms with Crippen LogP contribution in [0.25, 0.3) is 0 Å². The predicted octanol–water partition coefficient (Wildman–Crippen LogP) is 5.17. The SMILES string of the molecule is CCc1ccc(N(C(=O)C2CCCN2C(=O)OCc2ccccc2)c2nccs2)cc1. The van der Waals surface area contributed by atoms with Gasteiger partial charge in [0, 0.05) is 18.1 Å². The Morgan fingerprint density at radius 3 is 2.58 bits per heavy atom. The fraction of sp³-hybridized carbons (Fsp3) is 0.292. The standard InChI is InChI=1S/C24H25N3O3S/c1-2-18-10-12-20(13-11-18)27(23-25-14-16-31-23)22(28)21-9-6-15-26(21)24(29)30-17-19-7-4-3-5-8-19/h3-5,7-8,10-14,16,21H,2,6,9,15,17H2,1H3. The van der Waals surface area contributed by atoms with Crippen LogP contribution in [0.15, 0.2) is 66.2 Å². The highest BCUT2D eigenvalue weighted by molar-refractivity contribution is 7.13. The molecule has 1 unspecified atom stereocenters. The predicted molar refractivity (Wildman–Crippen MR) is 121 cm³/mol. The van der Waals surface area contributed by atoms with Gasteiger partial charge in [-0.05, 0) is 42.5 Å². The number of carbonyl (C=O) groups excluding carboxylic acids is 2. The Morgan fingerprint density at radius 1 is 1.13 bits per heavy atom. The van der Waals surface area contributed by atoms with E-state index in [2.05, 4.69) is 11.9 Å². The fourth-order valence-corrected chi connectivity index (χ4v) is 4.40. The molecule has 31 heavy (non-hydrogen) atoms. The smallest absolute Gasteiger partial charge is 0.410 e. The Bertz CT molecular complexity index is 1010. The first-order valence-electron chi connectivity index (χ1n) is 10.5. The van der Waals surface area contributed by atoms with Crippen LogP contribution in [-0.2, 0) is 22.6 Å². The maximum Gasteiger partial charge on any atom is 0.410 e. The minimum atomic E-state index is -0.571. The van der Waals surface area contributed by atoms with E-state index in [-0.39, 0.29) is 12.5 Å². The number of hydrogen-bond acceptors (Lipinski definition) is 5. The number of benzene rings is 2. The van der Waals surface area contributed by atoms with Gasteiger partial charge >= 0.3 is 6.09 Å². The van der Waals surface area contributed by atoms with E-state index < -0.39 is 12.1 Å². The minimum Gasteiger partial charge on any atom is -0.445 e. The summed E-state index contributed by atoms with van der Waals surface area (Å²) >= 11 is 1.40. The third-order valence-electron chi connectivity index (χ3n) is 5.41. The van der Waals surface area contributed by atoms with Crippen LogP contribution in [-0.4, -0.2) is 34.5 Å². The first kappa shape index (κ1) is 21.1. The molecule has 1 aromatic heterocycles. The third-order valence-corrected chi connectivity index (χ3v) is 6.17. The Morgan fingerprint density at radius 2 is 1.90 bits per heavy atom. The molecule has 4 rings (SSSR count). The summed E-state index contributed by atoms with van der Waals surface area (Å²) in [7, 11) is 0. The maximum atomic E-state index is 13.6. The number of hydrogen-bond donors (Lipinski definition) is 0. The van der Waals surface area contributed by atoms with E-state index in [0.717, 1.165) is 24.1 Å². The lowest BCUT2D eigenvalue weighted by Gasteiger charge is -2.28. The average molecular weight is 436 g/mol. The van der Waals surface area contributed by atoms with Crippen molar-refractivity contribution in [2.45, 2.75) is 38.8 Å². The molecule has 2 amide bonds. The number of amides is 2. The number of anilines is 2. The van der Waals surface area contributed by atoms with Crippen LogP contribution in [0.1, 0.15) is 30.9 Å². The number of nitrogens with zero attached hydrogens (tertiary/aromatic N) is 3. The van der Waals surface area contributed by atoms with E-state index in [4.69, 9.17) is 4.74 Å². The third kappa shape index (κ3) is 4.77. The van der Waals surface area contributed by atoms with Crippen LogP contribution in [0.2, 0.25) is 0 Å². The zero-order valence-electron chi connectivity index (χ0n) is 17.4. The van der Waals surface area contributed by atoms with Gasteiger partial charge < -0.3 is 4.74 Å². The highest BCUT2D eigenvalue weighted by atomic mass is 32.1. The van der Waals surface area contributed by atoms with E-state index in [1.54, 1.807) is 16.0 Å². The highest BCUT2D eigenvalue weighted by Crippen LogP contribution is 2.31. The molecule has 2 heterocycles. The van der Waals surface area contributed by atoms with E-state index in [1.807, 2.05) is 60.0 Å². The quantitative estimate of drug-likeness (QED) is 0.536. The molecule has 0 spiro atoms. The van der Waals surface area contributed by atoms with Crippen LogP contribution in [0, 0.1) is 0 Å². The Balaban J connectivity index is 1.53. The van der Waals surface area contributed by atoms with Crippen molar-refractivity contribution < 1.29 is 14.3 Å². The molecule has 1 aliphatic heterocycles. The molecule has 6 nitrogen and oxygen atoms in total. The largest absolute Gasteiger partial charge is 0.445 e. The average Bonchev–Trinajstić information content (AvgIpc) is 3.51. The molecule has 1 atom stereocenters. The lowest BCUT2D eigenvalue weighted by atomic mass is 10.1. The molecule has 0 aliphatic carbocycles. The summed E-state index contributed by atoms with van der Waals surface area (Å²) in [6, 6.07) is 16.9. The maximum absolute atomic E-state index is 13.6. The number of thiazole rings is 1. The zero-order valence-corrected chi connectivity index (χ0v) is 18.3. The number of aromatic nitrogens is 1. The molecule has 0 N–H and O–H groups in total. The number of rotatable bonds is 6. The number of ether oxygens (including phenoxy) is 1. The molecule has 7 heteroatoms. The second-order valence-corrected chi connectivity index (χ2v) is 8.27. The molecule has 160 valence electrons. The van der Waals surface area contributed by atoms with Gasteiger partial charge in [-0.3, -0.25) is 14.6 Å². The molecule has 3 aromatic rings. The van der Waals surface area contributed by atoms with Crippen molar-refractivity contribution in [3.8, 4) is 0 Å². The molecule has 0 radical (unpaired) electrons. The van der Waals surface area contributed by atoms with Crippen LogP contribution < -0.4 is 4.90 Å². The van der Waals surface area contributed by atoms with E-state index >= 15 is 0 Å². The molecule has 1 aliphatic rings. The summed E-state index contributed by atoms with van der Waals surface area (Å²) in [5, 5.41) is 2.44. The van der Waals surface area contributed by atoms with Gasteiger partial charge in [0.25, 0.3) is 5.91 Å². The normalized spacial score (nSPS) is 15.6. The monoisotopic (exact) mass is 435 g/mol. The van der Waals surface area contributed by atoms with Crippen molar-refractivity contribution in [2.75, 3.05) is 11.4 Å². The van der Waals surface area contributed by atoms with E-state index in [9.17, 15) is 9.59 Å². The summed E-state index contributed by atoms with van der Waals surface area (Å²) in [5.41, 5.74) is 2.86. The number of likely N-dealkylation sites (tertiary alicyclic amines) is 1. The van der Waals surface area contributed by atoms with Gasteiger partial charge in [0.05, 0.1) is 5.69 Å². The number of aryl methyl sites for hydroxylation is 1. The number of carbonyl (C=O) groups is 2. The van der Waals surface area contributed by atoms with Crippen molar-refractivity contribution in [1.82, 2.24) is 9.88 Å². The first-order valence-corrected chi connectivity index (χ1v) is 11.3. The molecule has 0 saturated carbocycles. The fourth-order valence-electron chi connectivity index (χ4n) is 3.73. The van der Waals surface area contributed by atoms with Gasteiger partial charge in [-0.1, -0.05) is 49.4 Å². The van der Waals surface area contributed by atoms with Crippen LogP contribution in [0.4, 0.5) is 15.6 Å². The second-order valence-electron chi connectivity index (χ2n) is 7.40. The molecule has 1 fully saturated rings. The van der Waals surface area contributed by atoms with Gasteiger partial charge in [0.1, 0.15) is 12.6 Å². The van der Waals surface area contributed by atoms with Crippen LogP contribution in [0.3, 0.4) is 0 Å². The second kappa shape index (κ2) is 9.75. The molecule has 1 saturated heterocycles. The van der Waals surface area contributed by atoms with Crippen LogP contribution in [0.5, 0.6) is 0 Å².